The van der Waals surface area contributed by atoms with Gasteiger partial charge in [-0.15, -0.1) is 0 Å². The van der Waals surface area contributed by atoms with E-state index in [4.69, 9.17) is 0 Å². The van der Waals surface area contributed by atoms with Crippen molar-refractivity contribution >= 4 is 17.5 Å². The molecule has 7 nitrogen and oxygen atoms in total. The van der Waals surface area contributed by atoms with Gasteiger partial charge < -0.3 is 10.2 Å². The maximum Gasteiger partial charge on any atom is 0.321 e. The molecule has 3 aromatic heterocycles. The second-order valence-corrected chi connectivity index (χ2v) is 7.80. The highest BCUT2D eigenvalue weighted by molar-refractivity contribution is 5.90. The molecule has 0 saturated carbocycles. The van der Waals surface area contributed by atoms with E-state index in [1.165, 1.54) is 23.1 Å². The monoisotopic (exact) mass is 434 g/mol. The molecule has 4 heterocycles. The molecular weight excluding hydrogens is 414 g/mol. The van der Waals surface area contributed by atoms with Crippen molar-refractivity contribution in [3.8, 4) is 22.5 Å². The number of carbonyl (C=O) groups excluding carboxylic acids is 1. The largest absolute Gasteiger partial charge is 0.322 e. The zero-order valence-corrected chi connectivity index (χ0v) is 17.3. The number of fused-ring (bicyclic) bond motifs is 1. The minimum atomic E-state index is -1.00. The summed E-state index contributed by atoms with van der Waals surface area (Å²) in [6.07, 6.45) is 6.26. The van der Waals surface area contributed by atoms with Crippen LogP contribution in [0.2, 0.25) is 0 Å². The third-order valence-electron chi connectivity index (χ3n) is 5.50. The normalized spacial score (nSPS) is 16.0. The summed E-state index contributed by atoms with van der Waals surface area (Å²) in [6, 6.07) is 7.69. The quantitative estimate of drug-likeness (QED) is 0.516. The fraction of sp³-hybridized carbons (Fsp3) is 0.217. The summed E-state index contributed by atoms with van der Waals surface area (Å²) < 4.78 is 29.7. The molecule has 0 bridgehead atoms. The second kappa shape index (κ2) is 7.99. The number of benzene rings is 1. The van der Waals surface area contributed by atoms with Crippen molar-refractivity contribution in [2.24, 2.45) is 0 Å². The number of nitrogens with one attached hydrogen (secondary N) is 1. The van der Waals surface area contributed by atoms with Crippen molar-refractivity contribution in [1.29, 1.82) is 0 Å². The number of urea groups is 1. The summed E-state index contributed by atoms with van der Waals surface area (Å²) in [5, 5.41) is 2.71. The number of hydrogen-bond donors (Lipinski definition) is 1. The molecule has 0 aliphatic carbocycles. The molecule has 1 aliphatic rings. The van der Waals surface area contributed by atoms with E-state index >= 15 is 0 Å². The molecule has 9 heteroatoms. The van der Waals surface area contributed by atoms with Gasteiger partial charge in [0.25, 0.3) is 0 Å². The summed E-state index contributed by atoms with van der Waals surface area (Å²) in [7, 11) is 0. The lowest BCUT2D eigenvalue weighted by Gasteiger charge is -2.16. The Morgan fingerprint density at radius 2 is 2.09 bits per heavy atom. The van der Waals surface area contributed by atoms with Gasteiger partial charge in [0.2, 0.25) is 5.78 Å². The Hall–Kier alpha value is -3.88. The van der Waals surface area contributed by atoms with Crippen molar-refractivity contribution in [3.05, 3.63) is 66.5 Å². The average Bonchev–Trinajstić information content (AvgIpc) is 3.41. The number of hydrogen-bond acceptors (Lipinski definition) is 4. The average molecular weight is 434 g/mol. The zero-order valence-electron chi connectivity index (χ0n) is 17.3. The van der Waals surface area contributed by atoms with Gasteiger partial charge in [-0.1, -0.05) is 6.07 Å². The number of alkyl halides is 1. The standard InChI is InChI=1S/C23H20F2N6O/c1-14-3-2-7-26-21(14)15-10-27-22-29-20(13-31(22)11-15)18-9-17(4-5-19(18)25)28-23(32)30-8-6-16(24)12-30/h2-5,7,9-11,13,16H,6,8,12H2,1H3,(H,28,32)/t16-/m1/s1. The van der Waals surface area contributed by atoms with Crippen LogP contribution in [0.15, 0.2) is 55.1 Å². The first-order valence-corrected chi connectivity index (χ1v) is 10.2. The number of amides is 2. The fourth-order valence-corrected chi connectivity index (χ4v) is 3.83. The molecule has 162 valence electrons. The molecule has 0 spiro atoms. The minimum absolute atomic E-state index is 0.0655. The maximum atomic E-state index is 14.6. The summed E-state index contributed by atoms with van der Waals surface area (Å²) >= 11 is 0. The van der Waals surface area contributed by atoms with Crippen LogP contribution in [0.5, 0.6) is 0 Å². The molecule has 32 heavy (non-hydrogen) atoms. The Kier molecular flexibility index (Phi) is 5.01. The van der Waals surface area contributed by atoms with Gasteiger partial charge in [-0.2, -0.15) is 0 Å². The van der Waals surface area contributed by atoms with Gasteiger partial charge in [-0.05, 0) is 43.2 Å². The van der Waals surface area contributed by atoms with E-state index in [0.717, 1.165) is 16.8 Å². The number of imidazole rings is 1. The Labute approximate surface area is 182 Å². The van der Waals surface area contributed by atoms with Crippen molar-refractivity contribution in [2.75, 3.05) is 18.4 Å². The van der Waals surface area contributed by atoms with E-state index in [-0.39, 0.29) is 12.1 Å². The first kappa shape index (κ1) is 20.0. The lowest BCUT2D eigenvalue weighted by Crippen LogP contribution is -2.33. The molecule has 4 aromatic rings. The van der Waals surface area contributed by atoms with E-state index in [0.29, 0.717) is 30.1 Å². The van der Waals surface area contributed by atoms with Gasteiger partial charge in [-0.25, -0.2) is 23.5 Å². The van der Waals surface area contributed by atoms with Gasteiger partial charge in [-0.3, -0.25) is 9.38 Å². The first-order chi connectivity index (χ1) is 15.5. The van der Waals surface area contributed by atoms with Gasteiger partial charge in [0, 0.05) is 48.1 Å². The van der Waals surface area contributed by atoms with Crippen LogP contribution >= 0.6 is 0 Å². The summed E-state index contributed by atoms with van der Waals surface area (Å²) in [6.45, 7) is 2.39. The van der Waals surface area contributed by atoms with Crippen molar-refractivity contribution in [2.45, 2.75) is 19.5 Å². The Morgan fingerprint density at radius 3 is 2.88 bits per heavy atom. The highest BCUT2D eigenvalue weighted by Crippen LogP contribution is 2.27. The number of anilines is 1. The van der Waals surface area contributed by atoms with Crippen LogP contribution in [-0.2, 0) is 0 Å². The van der Waals surface area contributed by atoms with Gasteiger partial charge >= 0.3 is 6.03 Å². The molecule has 0 unspecified atom stereocenters. The summed E-state index contributed by atoms with van der Waals surface area (Å²) in [5.74, 6) is -0.0607. The molecule has 1 N–H and O–H groups in total. The maximum absolute atomic E-state index is 14.6. The van der Waals surface area contributed by atoms with E-state index in [1.54, 1.807) is 23.0 Å². The molecule has 5 rings (SSSR count). The highest BCUT2D eigenvalue weighted by atomic mass is 19.1. The predicted molar refractivity (Wildman–Crippen MR) is 116 cm³/mol. The van der Waals surface area contributed by atoms with E-state index in [2.05, 4.69) is 20.3 Å². The lowest BCUT2D eigenvalue weighted by molar-refractivity contribution is 0.218. The van der Waals surface area contributed by atoms with Gasteiger partial charge in [0.1, 0.15) is 12.0 Å². The van der Waals surface area contributed by atoms with Crippen LogP contribution in [0, 0.1) is 12.7 Å². The van der Waals surface area contributed by atoms with Crippen LogP contribution < -0.4 is 5.32 Å². The molecule has 1 saturated heterocycles. The number of halogens is 2. The van der Waals surface area contributed by atoms with E-state index in [9.17, 15) is 13.6 Å². The molecule has 1 aliphatic heterocycles. The zero-order chi connectivity index (χ0) is 22.2. The third kappa shape index (κ3) is 3.77. The van der Waals surface area contributed by atoms with Crippen LogP contribution in [0.25, 0.3) is 28.3 Å². The minimum Gasteiger partial charge on any atom is -0.322 e. The van der Waals surface area contributed by atoms with E-state index < -0.39 is 18.0 Å². The first-order valence-electron chi connectivity index (χ1n) is 10.2. The van der Waals surface area contributed by atoms with Crippen molar-refractivity contribution in [3.63, 3.8) is 0 Å². The van der Waals surface area contributed by atoms with Crippen LogP contribution in [0.4, 0.5) is 19.3 Å². The Bertz CT molecular complexity index is 1320. The number of aromatic nitrogens is 4. The van der Waals surface area contributed by atoms with E-state index in [1.807, 2.05) is 25.3 Å². The number of pyridine rings is 1. The lowest BCUT2D eigenvalue weighted by atomic mass is 10.1. The topological polar surface area (TPSA) is 75.4 Å². The summed E-state index contributed by atoms with van der Waals surface area (Å²) in [4.78, 5) is 27.0. The van der Waals surface area contributed by atoms with Gasteiger partial charge in [0.15, 0.2) is 0 Å². The number of aryl methyl sites for hydroxylation is 1. The number of likely N-dealkylation sites (tertiary alicyclic amines) is 1. The number of rotatable bonds is 3. The molecule has 1 fully saturated rings. The van der Waals surface area contributed by atoms with Crippen LogP contribution in [0.3, 0.4) is 0 Å². The number of nitrogens with zero attached hydrogens (tertiary/aromatic N) is 5. The highest BCUT2D eigenvalue weighted by Gasteiger charge is 2.26. The SMILES string of the molecule is Cc1cccnc1-c1cnc2nc(-c3cc(NC(=O)N4CC[C@@H](F)C4)ccc3F)cn2c1. The molecule has 1 atom stereocenters. The van der Waals surface area contributed by atoms with Crippen LogP contribution in [0.1, 0.15) is 12.0 Å². The number of carbonyl (C=O) groups is 1. The molecular formula is C23H20F2N6O. The van der Waals surface area contributed by atoms with Crippen molar-refractivity contribution < 1.29 is 13.6 Å². The molecule has 0 radical (unpaired) electrons. The molecule has 1 aromatic carbocycles. The smallest absolute Gasteiger partial charge is 0.321 e. The molecule has 2 amide bonds. The summed E-state index contributed by atoms with van der Waals surface area (Å²) in [5.41, 5.74) is 3.66. The van der Waals surface area contributed by atoms with Crippen molar-refractivity contribution in [1.82, 2.24) is 24.3 Å². The predicted octanol–water partition coefficient (Wildman–Crippen LogP) is 4.48. The van der Waals surface area contributed by atoms with Crippen LogP contribution in [-0.4, -0.2) is 49.5 Å². The fourth-order valence-electron chi connectivity index (χ4n) is 3.83. The van der Waals surface area contributed by atoms with Gasteiger partial charge in [0.05, 0.1) is 17.9 Å². The Balaban J connectivity index is 1.45. The Morgan fingerprint density at radius 1 is 1.22 bits per heavy atom. The third-order valence-corrected chi connectivity index (χ3v) is 5.50. The second-order valence-electron chi connectivity index (χ2n) is 7.80.